The molecule has 0 radical (unpaired) electrons. The van der Waals surface area contributed by atoms with Gasteiger partial charge in [0.25, 0.3) is 0 Å². The Morgan fingerprint density at radius 3 is 2.71 bits per heavy atom. The fraction of sp³-hybridized carbons (Fsp3) is 0.412. The van der Waals surface area contributed by atoms with Gasteiger partial charge in [-0.2, -0.15) is 0 Å². The summed E-state index contributed by atoms with van der Waals surface area (Å²) in [5, 5.41) is 5.60. The second-order valence-electron chi connectivity index (χ2n) is 5.73. The van der Waals surface area contributed by atoms with Crippen molar-refractivity contribution in [2.45, 2.75) is 39.0 Å². The number of thiazole rings is 1. The Kier molecular flexibility index (Phi) is 4.06. The summed E-state index contributed by atoms with van der Waals surface area (Å²) < 4.78 is 0. The zero-order valence-corrected chi connectivity index (χ0v) is 13.2. The number of hydrogen-bond donors (Lipinski definition) is 1. The highest BCUT2D eigenvalue weighted by Gasteiger charge is 2.30. The van der Waals surface area contributed by atoms with Crippen LogP contribution in [0.5, 0.6) is 0 Å². The predicted octanol–water partition coefficient (Wildman–Crippen LogP) is 4.67. The summed E-state index contributed by atoms with van der Waals surface area (Å²) in [5.74, 6) is 0.915. The van der Waals surface area contributed by atoms with Gasteiger partial charge in [-0.15, -0.1) is 11.3 Å². The number of rotatable bonds is 5. The van der Waals surface area contributed by atoms with Crippen LogP contribution in [0.25, 0.3) is 11.3 Å². The molecule has 1 N–H and O–H groups in total. The van der Waals surface area contributed by atoms with E-state index < -0.39 is 0 Å². The maximum absolute atomic E-state index is 11.7. The normalized spacial score (nSPS) is 15.7. The third kappa shape index (κ3) is 3.32. The second kappa shape index (κ2) is 5.98. The molecule has 1 amide bonds. The predicted molar refractivity (Wildman–Crippen MR) is 87.6 cm³/mol. The number of aromatic nitrogens is 1. The molecule has 1 atom stereocenters. The molecule has 3 nitrogen and oxygen atoms in total. The molecule has 0 saturated heterocycles. The van der Waals surface area contributed by atoms with E-state index in [0.29, 0.717) is 11.0 Å². The van der Waals surface area contributed by atoms with Crippen LogP contribution in [0, 0.1) is 5.92 Å². The van der Waals surface area contributed by atoms with Crippen molar-refractivity contribution in [2.24, 2.45) is 5.92 Å². The van der Waals surface area contributed by atoms with Crippen molar-refractivity contribution in [1.82, 2.24) is 4.98 Å². The van der Waals surface area contributed by atoms with Gasteiger partial charge < -0.3 is 5.32 Å². The molecule has 3 rings (SSSR count). The summed E-state index contributed by atoms with van der Waals surface area (Å²) in [6.07, 6.45) is 3.18. The standard InChI is InChI=1S/C17H20N2OS/c1-3-11(2)12-4-6-13(7-5-12)15-10-21-17(18-15)19-16(20)14-8-9-14/h4-7,10-11,14H,3,8-9H2,1-2H3,(H,18,19,20)/t11-/m0/s1. The zero-order valence-electron chi connectivity index (χ0n) is 12.4. The van der Waals surface area contributed by atoms with Gasteiger partial charge in [-0.05, 0) is 30.7 Å². The maximum atomic E-state index is 11.7. The van der Waals surface area contributed by atoms with E-state index in [4.69, 9.17) is 0 Å². The zero-order chi connectivity index (χ0) is 14.8. The summed E-state index contributed by atoms with van der Waals surface area (Å²) in [6, 6.07) is 8.57. The lowest BCUT2D eigenvalue weighted by atomic mass is 9.97. The lowest BCUT2D eigenvalue weighted by Crippen LogP contribution is -2.12. The van der Waals surface area contributed by atoms with E-state index in [9.17, 15) is 4.79 Å². The van der Waals surface area contributed by atoms with Crippen molar-refractivity contribution in [2.75, 3.05) is 5.32 Å². The fourth-order valence-corrected chi connectivity index (χ4v) is 2.96. The van der Waals surface area contributed by atoms with Gasteiger partial charge in [0.2, 0.25) is 5.91 Å². The van der Waals surface area contributed by atoms with Crippen molar-refractivity contribution in [3.8, 4) is 11.3 Å². The summed E-state index contributed by atoms with van der Waals surface area (Å²) in [6.45, 7) is 4.44. The van der Waals surface area contributed by atoms with Gasteiger partial charge in [0.05, 0.1) is 5.69 Å². The summed E-state index contributed by atoms with van der Waals surface area (Å²) in [4.78, 5) is 16.2. The molecule has 1 fully saturated rings. The summed E-state index contributed by atoms with van der Waals surface area (Å²) in [5.41, 5.74) is 3.39. The number of hydrogen-bond acceptors (Lipinski definition) is 3. The number of carbonyl (C=O) groups excluding carboxylic acids is 1. The molecule has 110 valence electrons. The first-order valence-corrected chi connectivity index (χ1v) is 8.42. The first kappa shape index (κ1) is 14.3. The smallest absolute Gasteiger partial charge is 0.229 e. The highest BCUT2D eigenvalue weighted by molar-refractivity contribution is 7.14. The topological polar surface area (TPSA) is 42.0 Å². The maximum Gasteiger partial charge on any atom is 0.229 e. The van der Waals surface area contributed by atoms with Crippen LogP contribution < -0.4 is 5.32 Å². The number of amides is 1. The van der Waals surface area contributed by atoms with Crippen molar-refractivity contribution in [1.29, 1.82) is 0 Å². The van der Waals surface area contributed by atoms with Gasteiger partial charge in [0.1, 0.15) is 0 Å². The quantitative estimate of drug-likeness (QED) is 0.871. The molecule has 1 saturated carbocycles. The third-order valence-electron chi connectivity index (χ3n) is 4.07. The number of anilines is 1. The SMILES string of the molecule is CC[C@H](C)c1ccc(-c2csc(NC(=O)C3CC3)n2)cc1. The Hall–Kier alpha value is -1.68. The molecule has 0 spiro atoms. The lowest BCUT2D eigenvalue weighted by Gasteiger charge is -2.08. The molecule has 0 aliphatic heterocycles. The van der Waals surface area contributed by atoms with Crippen LogP contribution in [0.4, 0.5) is 5.13 Å². The van der Waals surface area contributed by atoms with Gasteiger partial charge in [-0.25, -0.2) is 4.98 Å². The fourth-order valence-electron chi connectivity index (χ4n) is 2.23. The summed E-state index contributed by atoms with van der Waals surface area (Å²) >= 11 is 1.49. The molecule has 1 heterocycles. The molecule has 1 aliphatic carbocycles. The van der Waals surface area contributed by atoms with Gasteiger partial charge in [0.15, 0.2) is 5.13 Å². The van der Waals surface area contributed by atoms with E-state index in [1.807, 2.05) is 5.38 Å². The van der Waals surface area contributed by atoms with E-state index in [0.717, 1.165) is 30.5 Å². The van der Waals surface area contributed by atoms with E-state index in [-0.39, 0.29) is 11.8 Å². The van der Waals surface area contributed by atoms with Crippen LogP contribution in [0.3, 0.4) is 0 Å². The van der Waals surface area contributed by atoms with Crippen LogP contribution >= 0.6 is 11.3 Å². The van der Waals surface area contributed by atoms with Crippen molar-refractivity contribution in [3.63, 3.8) is 0 Å². The Labute approximate surface area is 129 Å². The highest BCUT2D eigenvalue weighted by atomic mass is 32.1. The first-order chi connectivity index (χ1) is 10.2. The number of nitrogens with zero attached hydrogens (tertiary/aromatic N) is 1. The largest absolute Gasteiger partial charge is 0.302 e. The highest BCUT2D eigenvalue weighted by Crippen LogP contribution is 2.32. The molecule has 1 aromatic heterocycles. The molecule has 0 unspecified atom stereocenters. The average Bonchev–Trinajstić information content (AvgIpc) is 3.27. The van der Waals surface area contributed by atoms with Crippen molar-refractivity contribution in [3.05, 3.63) is 35.2 Å². The minimum atomic E-state index is 0.114. The number of nitrogens with one attached hydrogen (secondary N) is 1. The van der Waals surface area contributed by atoms with Crippen LogP contribution in [0.1, 0.15) is 44.6 Å². The van der Waals surface area contributed by atoms with E-state index in [2.05, 4.69) is 48.4 Å². The monoisotopic (exact) mass is 300 g/mol. The van der Waals surface area contributed by atoms with Gasteiger partial charge >= 0.3 is 0 Å². The first-order valence-electron chi connectivity index (χ1n) is 7.54. The third-order valence-corrected chi connectivity index (χ3v) is 4.83. The van der Waals surface area contributed by atoms with E-state index in [1.54, 1.807) is 0 Å². The Morgan fingerprint density at radius 2 is 2.10 bits per heavy atom. The summed E-state index contributed by atoms with van der Waals surface area (Å²) in [7, 11) is 0. The van der Waals surface area contributed by atoms with Crippen LogP contribution in [-0.2, 0) is 4.79 Å². The second-order valence-corrected chi connectivity index (χ2v) is 6.59. The van der Waals surface area contributed by atoms with Crippen LogP contribution in [0.15, 0.2) is 29.6 Å². The van der Waals surface area contributed by atoms with Gasteiger partial charge in [-0.3, -0.25) is 4.79 Å². The van der Waals surface area contributed by atoms with Crippen LogP contribution in [0.2, 0.25) is 0 Å². The number of benzene rings is 1. The Morgan fingerprint density at radius 1 is 1.38 bits per heavy atom. The Bertz CT molecular complexity index is 628. The van der Waals surface area contributed by atoms with Gasteiger partial charge in [-0.1, -0.05) is 38.1 Å². The molecule has 1 aliphatic rings. The molecule has 0 bridgehead atoms. The molecular weight excluding hydrogens is 280 g/mol. The Balaban J connectivity index is 1.71. The van der Waals surface area contributed by atoms with Crippen LogP contribution in [-0.4, -0.2) is 10.9 Å². The van der Waals surface area contributed by atoms with Crippen molar-refractivity contribution >= 4 is 22.4 Å². The van der Waals surface area contributed by atoms with Gasteiger partial charge in [0, 0.05) is 16.9 Å². The minimum Gasteiger partial charge on any atom is -0.302 e. The molecule has 1 aromatic carbocycles. The molecule has 2 aromatic rings. The molecule has 4 heteroatoms. The molecular formula is C17H20N2OS. The average molecular weight is 300 g/mol. The van der Waals surface area contributed by atoms with Crippen molar-refractivity contribution < 1.29 is 4.79 Å². The number of carbonyl (C=O) groups is 1. The minimum absolute atomic E-state index is 0.114. The molecule has 21 heavy (non-hydrogen) atoms. The lowest BCUT2D eigenvalue weighted by molar-refractivity contribution is -0.117. The van der Waals surface area contributed by atoms with E-state index >= 15 is 0 Å². The van der Waals surface area contributed by atoms with E-state index in [1.165, 1.54) is 16.9 Å².